The normalized spacial score (nSPS) is 14.9. The lowest BCUT2D eigenvalue weighted by molar-refractivity contribution is -0.127. The van der Waals surface area contributed by atoms with Crippen LogP contribution in [0.4, 0.5) is 10.6 Å². The third-order valence-electron chi connectivity index (χ3n) is 5.08. The molecule has 1 saturated heterocycles. The SMILES string of the molecule is Cc1c(C#N)c(NC(=O)CN2C(=O)S/C(=C\c3cccs3)C2=O)n(Cc2ccco2)c1C. The zero-order valence-corrected chi connectivity index (χ0v) is 18.9. The number of carbonyl (C=O) groups is 3. The summed E-state index contributed by atoms with van der Waals surface area (Å²) in [5, 5.41) is 13.7. The molecule has 1 aliphatic rings. The fourth-order valence-electron chi connectivity index (χ4n) is 3.34. The number of hydrogen-bond donors (Lipinski definition) is 1. The molecule has 8 nitrogen and oxygen atoms in total. The Labute approximate surface area is 192 Å². The van der Waals surface area contributed by atoms with Crippen molar-refractivity contribution >= 4 is 52.0 Å². The Morgan fingerprint density at radius 3 is 2.75 bits per heavy atom. The van der Waals surface area contributed by atoms with Gasteiger partial charge in [-0.25, -0.2) is 0 Å². The second kappa shape index (κ2) is 8.90. The maximum Gasteiger partial charge on any atom is 0.294 e. The number of amides is 3. The number of rotatable bonds is 6. The predicted molar refractivity (Wildman–Crippen MR) is 122 cm³/mol. The van der Waals surface area contributed by atoms with Crippen molar-refractivity contribution in [2.75, 3.05) is 11.9 Å². The van der Waals surface area contributed by atoms with Crippen molar-refractivity contribution in [3.63, 3.8) is 0 Å². The Morgan fingerprint density at radius 1 is 1.28 bits per heavy atom. The number of thioether (sulfide) groups is 1. The highest BCUT2D eigenvalue weighted by atomic mass is 32.2. The molecule has 0 aromatic carbocycles. The first-order chi connectivity index (χ1) is 15.4. The molecule has 0 spiro atoms. The van der Waals surface area contributed by atoms with Gasteiger partial charge in [0.05, 0.1) is 23.3 Å². The number of furan rings is 1. The third kappa shape index (κ3) is 4.12. The Bertz CT molecular complexity index is 1260. The molecule has 3 aromatic rings. The largest absolute Gasteiger partial charge is 0.467 e. The molecular formula is C22H18N4O4S2. The summed E-state index contributed by atoms with van der Waals surface area (Å²) in [5.41, 5.74) is 1.87. The van der Waals surface area contributed by atoms with Crippen LogP contribution in [0.5, 0.6) is 0 Å². The van der Waals surface area contributed by atoms with Crippen molar-refractivity contribution in [2.24, 2.45) is 0 Å². The van der Waals surface area contributed by atoms with Crippen LogP contribution < -0.4 is 5.32 Å². The van der Waals surface area contributed by atoms with Gasteiger partial charge in [-0.1, -0.05) is 6.07 Å². The minimum Gasteiger partial charge on any atom is -0.467 e. The molecule has 0 atom stereocenters. The van der Waals surface area contributed by atoms with Gasteiger partial charge in [0.1, 0.15) is 24.2 Å². The monoisotopic (exact) mass is 466 g/mol. The molecule has 1 fully saturated rings. The maximum atomic E-state index is 12.8. The number of imide groups is 1. The molecule has 10 heteroatoms. The summed E-state index contributed by atoms with van der Waals surface area (Å²) >= 11 is 2.25. The van der Waals surface area contributed by atoms with Gasteiger partial charge in [0, 0.05) is 10.6 Å². The molecular weight excluding hydrogens is 448 g/mol. The Balaban J connectivity index is 1.54. The van der Waals surface area contributed by atoms with Gasteiger partial charge in [-0.2, -0.15) is 5.26 Å². The lowest BCUT2D eigenvalue weighted by Crippen LogP contribution is -2.36. The van der Waals surface area contributed by atoms with E-state index in [1.807, 2.05) is 24.4 Å². The third-order valence-corrected chi connectivity index (χ3v) is 6.81. The molecule has 0 bridgehead atoms. The van der Waals surface area contributed by atoms with E-state index in [-0.39, 0.29) is 4.91 Å². The van der Waals surface area contributed by atoms with Gasteiger partial charge in [0.2, 0.25) is 5.91 Å². The van der Waals surface area contributed by atoms with E-state index in [1.54, 1.807) is 36.0 Å². The number of aromatic nitrogens is 1. The van der Waals surface area contributed by atoms with Crippen molar-refractivity contribution in [1.82, 2.24) is 9.47 Å². The van der Waals surface area contributed by atoms with Crippen molar-refractivity contribution in [2.45, 2.75) is 20.4 Å². The number of anilines is 1. The molecule has 4 rings (SSSR count). The van der Waals surface area contributed by atoms with Crippen LogP contribution in [0.25, 0.3) is 6.08 Å². The average Bonchev–Trinajstić information content (AvgIpc) is 3.54. The Morgan fingerprint density at radius 2 is 2.09 bits per heavy atom. The lowest BCUT2D eigenvalue weighted by Gasteiger charge is -2.15. The van der Waals surface area contributed by atoms with E-state index in [4.69, 9.17) is 4.42 Å². The van der Waals surface area contributed by atoms with Crippen LogP contribution >= 0.6 is 23.1 Å². The van der Waals surface area contributed by atoms with Gasteiger partial charge in [-0.15, -0.1) is 11.3 Å². The van der Waals surface area contributed by atoms with E-state index < -0.39 is 23.6 Å². The first-order valence-corrected chi connectivity index (χ1v) is 11.3. The van der Waals surface area contributed by atoms with Crippen molar-refractivity contribution in [1.29, 1.82) is 5.26 Å². The Hall–Kier alpha value is -3.55. The van der Waals surface area contributed by atoms with Crippen LogP contribution in [0.15, 0.2) is 45.2 Å². The number of thiophene rings is 1. The molecule has 3 aromatic heterocycles. The minimum atomic E-state index is -0.570. The summed E-state index contributed by atoms with van der Waals surface area (Å²) in [4.78, 5) is 39.8. The summed E-state index contributed by atoms with van der Waals surface area (Å²) in [6.07, 6.45) is 3.19. The zero-order valence-electron chi connectivity index (χ0n) is 17.2. The minimum absolute atomic E-state index is 0.274. The Kier molecular flexibility index (Phi) is 6.03. The fraction of sp³-hybridized carbons (Fsp3) is 0.182. The summed E-state index contributed by atoms with van der Waals surface area (Å²) in [5.74, 6) is -0.112. The number of hydrogen-bond acceptors (Lipinski definition) is 7. The number of carbonyl (C=O) groups excluding carboxylic acids is 3. The molecule has 32 heavy (non-hydrogen) atoms. The first kappa shape index (κ1) is 21.7. The number of nitrogens with zero attached hydrogens (tertiary/aromatic N) is 3. The van der Waals surface area contributed by atoms with Crippen LogP contribution in [0.2, 0.25) is 0 Å². The highest BCUT2D eigenvalue weighted by Crippen LogP contribution is 2.33. The maximum absolute atomic E-state index is 12.8. The van der Waals surface area contributed by atoms with E-state index in [2.05, 4.69) is 11.4 Å². The van der Waals surface area contributed by atoms with Crippen LogP contribution in [0, 0.1) is 25.2 Å². The van der Waals surface area contributed by atoms with E-state index in [1.165, 1.54) is 11.3 Å². The van der Waals surface area contributed by atoms with Crippen LogP contribution in [0.1, 0.15) is 27.5 Å². The molecule has 1 aliphatic heterocycles. The standard InChI is InChI=1S/C22H18N4O4S2/c1-13-14(2)25(11-15-5-3-7-30-15)20(17(13)10-23)24-19(27)12-26-21(28)18(32-22(26)29)9-16-6-4-8-31-16/h3-9H,11-12H2,1-2H3,(H,24,27)/b18-9-. The average molecular weight is 467 g/mol. The quantitative estimate of drug-likeness (QED) is 0.541. The van der Waals surface area contributed by atoms with Crippen LogP contribution in [0.3, 0.4) is 0 Å². The highest BCUT2D eigenvalue weighted by molar-refractivity contribution is 8.18. The molecule has 162 valence electrons. The topological polar surface area (TPSA) is 108 Å². The molecule has 1 N–H and O–H groups in total. The predicted octanol–water partition coefficient (Wildman–Crippen LogP) is 4.35. The second-order valence-corrected chi connectivity index (χ2v) is 9.02. The van der Waals surface area contributed by atoms with Crippen LogP contribution in [-0.2, 0) is 16.1 Å². The molecule has 0 saturated carbocycles. The molecule has 0 unspecified atom stereocenters. The van der Waals surface area contributed by atoms with E-state index >= 15 is 0 Å². The lowest BCUT2D eigenvalue weighted by atomic mass is 10.2. The van der Waals surface area contributed by atoms with Gasteiger partial charge < -0.3 is 14.3 Å². The van der Waals surface area contributed by atoms with Crippen LogP contribution in [-0.4, -0.2) is 33.1 Å². The summed E-state index contributed by atoms with van der Waals surface area (Å²) < 4.78 is 7.18. The van der Waals surface area contributed by atoms with E-state index in [9.17, 15) is 19.6 Å². The first-order valence-electron chi connectivity index (χ1n) is 9.60. The summed E-state index contributed by atoms with van der Waals surface area (Å²) in [6.45, 7) is 3.53. The summed E-state index contributed by atoms with van der Waals surface area (Å²) in [7, 11) is 0. The fourth-order valence-corrected chi connectivity index (χ4v) is 4.90. The van der Waals surface area contributed by atoms with E-state index in [0.29, 0.717) is 23.7 Å². The highest BCUT2D eigenvalue weighted by Gasteiger charge is 2.36. The second-order valence-electron chi connectivity index (χ2n) is 7.04. The summed E-state index contributed by atoms with van der Waals surface area (Å²) in [6, 6.07) is 9.37. The number of nitriles is 1. The molecule has 4 heterocycles. The van der Waals surface area contributed by atoms with Crippen molar-refractivity contribution < 1.29 is 18.8 Å². The number of nitrogens with one attached hydrogen (secondary N) is 1. The zero-order chi connectivity index (χ0) is 22.8. The van der Waals surface area contributed by atoms with Gasteiger partial charge >= 0.3 is 0 Å². The molecule has 0 aliphatic carbocycles. The van der Waals surface area contributed by atoms with Gasteiger partial charge in [-0.3, -0.25) is 19.3 Å². The molecule has 0 radical (unpaired) electrons. The smallest absolute Gasteiger partial charge is 0.294 e. The van der Waals surface area contributed by atoms with Gasteiger partial charge in [0.25, 0.3) is 11.1 Å². The van der Waals surface area contributed by atoms with Gasteiger partial charge in [-0.05, 0) is 60.8 Å². The van der Waals surface area contributed by atoms with Gasteiger partial charge in [0.15, 0.2) is 0 Å². The van der Waals surface area contributed by atoms with E-state index in [0.717, 1.165) is 32.8 Å². The van der Waals surface area contributed by atoms with Crippen molar-refractivity contribution in [3.05, 3.63) is 68.3 Å². The molecule has 3 amide bonds. The van der Waals surface area contributed by atoms with Crippen molar-refractivity contribution in [3.8, 4) is 6.07 Å².